The summed E-state index contributed by atoms with van der Waals surface area (Å²) in [5, 5.41) is 2.81. The van der Waals surface area contributed by atoms with Crippen LogP contribution in [0.15, 0.2) is 51.9 Å². The van der Waals surface area contributed by atoms with Gasteiger partial charge >= 0.3 is 0 Å². The smallest absolute Gasteiger partial charge is 0.238 e. The van der Waals surface area contributed by atoms with Crippen molar-refractivity contribution in [3.8, 4) is 11.5 Å². The van der Waals surface area contributed by atoms with Crippen molar-refractivity contribution < 1.29 is 19.1 Å². The van der Waals surface area contributed by atoms with Crippen LogP contribution in [0.2, 0.25) is 0 Å². The van der Waals surface area contributed by atoms with Crippen LogP contribution in [0.3, 0.4) is 0 Å². The number of hydrogen-bond acceptors (Lipinski definition) is 6. The van der Waals surface area contributed by atoms with Gasteiger partial charge in [-0.1, -0.05) is 33.8 Å². The fourth-order valence-corrected chi connectivity index (χ4v) is 4.57. The maximum absolute atomic E-state index is 12.8. The molecule has 150 valence electrons. The van der Waals surface area contributed by atoms with Gasteiger partial charge in [0.15, 0.2) is 16.7 Å². The van der Waals surface area contributed by atoms with Gasteiger partial charge in [0.05, 0.1) is 5.69 Å². The molecule has 0 radical (unpaired) electrons. The van der Waals surface area contributed by atoms with Crippen LogP contribution in [0.1, 0.15) is 13.3 Å². The molecule has 0 bridgehead atoms. The van der Waals surface area contributed by atoms with Gasteiger partial charge in [-0.3, -0.25) is 14.5 Å². The van der Waals surface area contributed by atoms with E-state index in [2.05, 4.69) is 26.2 Å². The highest BCUT2D eigenvalue weighted by Gasteiger charge is 2.35. The molecule has 4 rings (SSSR count). The van der Waals surface area contributed by atoms with Crippen molar-refractivity contribution in [2.45, 2.75) is 18.6 Å². The van der Waals surface area contributed by atoms with E-state index in [0.29, 0.717) is 34.6 Å². The summed E-state index contributed by atoms with van der Waals surface area (Å²) in [6.45, 7) is 2.55. The molecule has 7 nitrogen and oxygen atoms in total. The van der Waals surface area contributed by atoms with E-state index >= 15 is 0 Å². The summed E-state index contributed by atoms with van der Waals surface area (Å²) in [6, 6.07) is 12.7. The molecule has 2 aliphatic heterocycles. The van der Waals surface area contributed by atoms with Crippen LogP contribution in [-0.2, 0) is 9.59 Å². The number of halogens is 1. The maximum atomic E-state index is 12.8. The van der Waals surface area contributed by atoms with Crippen molar-refractivity contribution >= 4 is 56.0 Å². The van der Waals surface area contributed by atoms with E-state index in [1.807, 2.05) is 25.1 Å². The quantitative estimate of drug-likeness (QED) is 0.717. The van der Waals surface area contributed by atoms with E-state index in [0.717, 1.165) is 4.47 Å². The third-order valence-electron chi connectivity index (χ3n) is 4.42. The number of amides is 2. The standard InChI is InChI=1S/C20H18BrN3O4S/c1-2-24-18(25)10-17(19(26)22-13-5-3-4-12(21)8-13)29-20(24)23-14-6-7-15-16(9-14)28-11-27-15/h3-9,17H,2,10-11H2,1H3,(H,22,26). The third kappa shape index (κ3) is 4.40. The fourth-order valence-electron chi connectivity index (χ4n) is 3.01. The summed E-state index contributed by atoms with van der Waals surface area (Å²) in [4.78, 5) is 31.6. The lowest BCUT2D eigenvalue weighted by molar-refractivity contribution is -0.129. The third-order valence-corrected chi connectivity index (χ3v) is 6.10. The predicted molar refractivity (Wildman–Crippen MR) is 116 cm³/mol. The average molecular weight is 476 g/mol. The first kappa shape index (κ1) is 19.8. The number of carbonyl (C=O) groups is 2. The zero-order valence-electron chi connectivity index (χ0n) is 15.6. The maximum Gasteiger partial charge on any atom is 0.238 e. The number of fused-ring (bicyclic) bond motifs is 1. The lowest BCUT2D eigenvalue weighted by atomic mass is 10.2. The molecule has 0 spiro atoms. The van der Waals surface area contributed by atoms with Crippen LogP contribution in [0.5, 0.6) is 11.5 Å². The number of aliphatic imine (C=N–C) groups is 1. The first-order valence-electron chi connectivity index (χ1n) is 9.05. The highest BCUT2D eigenvalue weighted by Crippen LogP contribution is 2.36. The normalized spacial score (nSPS) is 19.5. The molecule has 1 fully saturated rings. The number of carbonyl (C=O) groups excluding carboxylic acids is 2. The van der Waals surface area contributed by atoms with Crippen molar-refractivity contribution in [1.29, 1.82) is 0 Å². The molecule has 0 aromatic heterocycles. The molecule has 0 saturated carbocycles. The highest BCUT2D eigenvalue weighted by molar-refractivity contribution is 9.10. The molecule has 2 aromatic carbocycles. The van der Waals surface area contributed by atoms with E-state index in [1.165, 1.54) is 11.8 Å². The second-order valence-electron chi connectivity index (χ2n) is 6.38. The van der Waals surface area contributed by atoms with Crippen LogP contribution in [0.4, 0.5) is 11.4 Å². The summed E-state index contributed by atoms with van der Waals surface area (Å²) in [5.41, 5.74) is 1.31. The van der Waals surface area contributed by atoms with Gasteiger partial charge < -0.3 is 14.8 Å². The topological polar surface area (TPSA) is 80.2 Å². The van der Waals surface area contributed by atoms with Crippen LogP contribution in [0, 0.1) is 0 Å². The number of benzene rings is 2. The highest BCUT2D eigenvalue weighted by atomic mass is 79.9. The Morgan fingerprint density at radius 1 is 1.28 bits per heavy atom. The molecule has 2 heterocycles. The number of anilines is 1. The molecule has 29 heavy (non-hydrogen) atoms. The van der Waals surface area contributed by atoms with Crippen molar-refractivity contribution in [3.63, 3.8) is 0 Å². The minimum atomic E-state index is -0.558. The molecular formula is C20H18BrN3O4S. The summed E-state index contributed by atoms with van der Waals surface area (Å²) < 4.78 is 11.6. The van der Waals surface area contributed by atoms with Crippen molar-refractivity contribution in [2.75, 3.05) is 18.7 Å². The van der Waals surface area contributed by atoms with Gasteiger partial charge in [-0.05, 0) is 37.3 Å². The second kappa shape index (κ2) is 8.46. The van der Waals surface area contributed by atoms with Gasteiger partial charge in [0, 0.05) is 29.2 Å². The monoisotopic (exact) mass is 475 g/mol. The Balaban J connectivity index is 1.56. The van der Waals surface area contributed by atoms with Crippen molar-refractivity contribution in [2.24, 2.45) is 4.99 Å². The zero-order chi connectivity index (χ0) is 20.4. The molecule has 2 amide bonds. The van der Waals surface area contributed by atoms with Crippen LogP contribution >= 0.6 is 27.7 Å². The molecule has 1 unspecified atom stereocenters. The number of nitrogens with zero attached hydrogens (tertiary/aromatic N) is 2. The van der Waals surface area contributed by atoms with E-state index in [9.17, 15) is 9.59 Å². The number of ether oxygens (including phenoxy) is 2. The van der Waals surface area contributed by atoms with Gasteiger partial charge in [0.1, 0.15) is 5.25 Å². The number of amidine groups is 1. The minimum Gasteiger partial charge on any atom is -0.454 e. The lowest BCUT2D eigenvalue weighted by Gasteiger charge is -2.30. The molecular weight excluding hydrogens is 458 g/mol. The summed E-state index contributed by atoms with van der Waals surface area (Å²) in [5.74, 6) is 0.932. The molecule has 1 N–H and O–H groups in total. The Kier molecular flexibility index (Phi) is 5.77. The Hall–Kier alpha value is -2.52. The number of nitrogens with one attached hydrogen (secondary N) is 1. The molecule has 0 aliphatic carbocycles. The van der Waals surface area contributed by atoms with Gasteiger partial charge in [-0.15, -0.1) is 0 Å². The molecule has 9 heteroatoms. The number of hydrogen-bond donors (Lipinski definition) is 1. The van der Waals surface area contributed by atoms with Crippen LogP contribution < -0.4 is 14.8 Å². The Labute approximate surface area is 180 Å². The van der Waals surface area contributed by atoms with Crippen molar-refractivity contribution in [1.82, 2.24) is 4.90 Å². The minimum absolute atomic E-state index is 0.124. The summed E-state index contributed by atoms with van der Waals surface area (Å²) >= 11 is 4.67. The molecule has 2 aliphatic rings. The van der Waals surface area contributed by atoms with Crippen molar-refractivity contribution in [3.05, 3.63) is 46.9 Å². The number of thioether (sulfide) groups is 1. The average Bonchev–Trinajstić information content (AvgIpc) is 3.15. The molecule has 1 saturated heterocycles. The van der Waals surface area contributed by atoms with E-state index in [1.54, 1.807) is 29.2 Å². The molecule has 2 aromatic rings. The fraction of sp³-hybridized carbons (Fsp3) is 0.250. The van der Waals surface area contributed by atoms with Gasteiger partial charge in [-0.2, -0.15) is 0 Å². The van der Waals surface area contributed by atoms with E-state index in [4.69, 9.17) is 9.47 Å². The molecule has 1 atom stereocenters. The van der Waals surface area contributed by atoms with Gasteiger partial charge in [0.2, 0.25) is 18.6 Å². The first-order valence-corrected chi connectivity index (χ1v) is 10.7. The first-order chi connectivity index (χ1) is 14.0. The largest absolute Gasteiger partial charge is 0.454 e. The zero-order valence-corrected chi connectivity index (χ0v) is 18.0. The Morgan fingerprint density at radius 2 is 2.10 bits per heavy atom. The lowest BCUT2D eigenvalue weighted by Crippen LogP contribution is -2.45. The summed E-state index contributed by atoms with van der Waals surface area (Å²) in [6.07, 6.45) is 0.124. The van der Waals surface area contributed by atoms with Crippen LogP contribution in [-0.4, -0.2) is 40.5 Å². The van der Waals surface area contributed by atoms with E-state index in [-0.39, 0.29) is 25.0 Å². The van der Waals surface area contributed by atoms with Gasteiger partial charge in [-0.25, -0.2) is 4.99 Å². The van der Waals surface area contributed by atoms with E-state index < -0.39 is 5.25 Å². The second-order valence-corrected chi connectivity index (χ2v) is 8.47. The predicted octanol–water partition coefficient (Wildman–Crippen LogP) is 4.16. The van der Waals surface area contributed by atoms with Crippen LogP contribution in [0.25, 0.3) is 0 Å². The SMILES string of the molecule is CCN1C(=O)CC(C(=O)Nc2cccc(Br)c2)SC1=Nc1ccc2c(c1)OCO2. The summed E-state index contributed by atoms with van der Waals surface area (Å²) in [7, 11) is 0. The Morgan fingerprint density at radius 3 is 2.90 bits per heavy atom. The Bertz CT molecular complexity index is 997. The van der Waals surface area contributed by atoms with Gasteiger partial charge in [0.25, 0.3) is 0 Å². The number of rotatable bonds is 4.